The number of alkyl halides is 5. The van der Waals surface area contributed by atoms with Crippen molar-refractivity contribution < 1.29 is 54.5 Å². The first kappa shape index (κ1) is 27.2. The topological polar surface area (TPSA) is 86.8 Å². The summed E-state index contributed by atoms with van der Waals surface area (Å²) in [6.07, 6.45) is -5.95. The lowest BCUT2D eigenvalue weighted by molar-refractivity contribution is -0.272. The Morgan fingerprint density at radius 3 is 2.44 bits per heavy atom. The highest BCUT2D eigenvalue weighted by molar-refractivity contribution is 5.96. The van der Waals surface area contributed by atoms with Gasteiger partial charge in [-0.05, 0) is 25.1 Å². The summed E-state index contributed by atoms with van der Waals surface area (Å²) in [6, 6.07) is 3.55. The normalized spacial score (nSPS) is 24.0. The van der Waals surface area contributed by atoms with Gasteiger partial charge in [-0.1, -0.05) is 13.0 Å². The first-order valence-corrected chi connectivity index (χ1v) is 10.2. The molecule has 0 aliphatic carbocycles. The number of hydrogen-bond donors (Lipinski definition) is 1. The molecule has 1 aliphatic heterocycles. The molecule has 1 amide bonds. The number of benzene rings is 1. The van der Waals surface area contributed by atoms with E-state index in [2.05, 4.69) is 19.8 Å². The Labute approximate surface area is 199 Å². The molecule has 2 heterocycles. The number of pyridine rings is 1. The Morgan fingerprint density at radius 1 is 1.19 bits per heavy atom. The number of amides is 1. The van der Waals surface area contributed by atoms with Crippen LogP contribution >= 0.6 is 0 Å². The van der Waals surface area contributed by atoms with Crippen LogP contribution in [0.2, 0.25) is 0 Å². The average molecular weight is 524 g/mol. The summed E-state index contributed by atoms with van der Waals surface area (Å²) in [6.45, 7) is -1.97. The summed E-state index contributed by atoms with van der Waals surface area (Å²) < 4.78 is 110. The Morgan fingerprint density at radius 2 is 1.86 bits per heavy atom. The molecule has 0 unspecified atom stereocenters. The number of esters is 1. The van der Waals surface area contributed by atoms with Crippen molar-refractivity contribution in [1.29, 1.82) is 0 Å². The van der Waals surface area contributed by atoms with E-state index in [4.69, 9.17) is 4.74 Å². The maximum absolute atomic E-state index is 14.4. The highest BCUT2D eigenvalue weighted by Crippen LogP contribution is 2.55. The fraction of sp³-hybridized carbons (Fsp3) is 0.409. The van der Waals surface area contributed by atoms with Crippen LogP contribution in [0.25, 0.3) is 0 Å². The smallest absolute Gasteiger partial charge is 0.417 e. The Bertz CT molecular complexity index is 1160. The summed E-state index contributed by atoms with van der Waals surface area (Å²) >= 11 is 0. The van der Waals surface area contributed by atoms with Gasteiger partial charge in [0.05, 0.1) is 7.11 Å². The van der Waals surface area contributed by atoms with Gasteiger partial charge in [0.1, 0.15) is 11.8 Å². The van der Waals surface area contributed by atoms with Crippen LogP contribution in [0, 0.1) is 17.6 Å². The van der Waals surface area contributed by atoms with Gasteiger partial charge < -0.3 is 19.5 Å². The molecule has 0 radical (unpaired) electrons. The molecule has 1 fully saturated rings. The summed E-state index contributed by atoms with van der Waals surface area (Å²) in [5.74, 6) is -10.2. The van der Waals surface area contributed by atoms with Crippen molar-refractivity contribution >= 4 is 17.6 Å². The molecule has 14 heteroatoms. The van der Waals surface area contributed by atoms with Crippen molar-refractivity contribution in [2.75, 3.05) is 12.4 Å². The molecule has 3 rings (SSSR count). The van der Waals surface area contributed by atoms with Crippen LogP contribution in [-0.4, -0.2) is 48.5 Å². The van der Waals surface area contributed by atoms with Gasteiger partial charge in [0.15, 0.2) is 17.2 Å². The number of hydrogen-bond acceptors (Lipinski definition) is 6. The maximum atomic E-state index is 14.4. The predicted molar refractivity (Wildman–Crippen MR) is 108 cm³/mol. The zero-order valence-corrected chi connectivity index (χ0v) is 18.8. The first-order chi connectivity index (χ1) is 16.7. The zero-order chi connectivity index (χ0) is 27.0. The molecule has 4 atom stereocenters. The number of rotatable bonds is 6. The van der Waals surface area contributed by atoms with E-state index in [-0.39, 0.29) is 11.4 Å². The molecule has 7 nitrogen and oxygen atoms in total. The molecule has 0 saturated carbocycles. The molecule has 2 aromatic rings. The molecule has 1 aliphatic rings. The van der Waals surface area contributed by atoms with Crippen LogP contribution < -0.4 is 10.1 Å². The van der Waals surface area contributed by atoms with Crippen molar-refractivity contribution in [1.82, 2.24) is 4.98 Å². The maximum Gasteiger partial charge on any atom is 0.417 e. The Kier molecular flexibility index (Phi) is 7.48. The summed E-state index contributed by atoms with van der Waals surface area (Å²) in [5.41, 5.74) is -3.93. The monoisotopic (exact) mass is 524 g/mol. The third-order valence-corrected chi connectivity index (χ3v) is 6.00. The van der Waals surface area contributed by atoms with Crippen LogP contribution in [0.5, 0.6) is 5.75 Å². The predicted octanol–water partition coefficient (Wildman–Crippen LogP) is 4.83. The van der Waals surface area contributed by atoms with E-state index < -0.39 is 71.2 Å². The third kappa shape index (κ3) is 4.94. The third-order valence-electron chi connectivity index (χ3n) is 6.00. The molecule has 1 saturated heterocycles. The van der Waals surface area contributed by atoms with E-state index in [1.807, 2.05) is 0 Å². The van der Waals surface area contributed by atoms with Gasteiger partial charge in [-0.15, -0.1) is 0 Å². The van der Waals surface area contributed by atoms with Gasteiger partial charge >= 0.3 is 18.8 Å². The lowest BCUT2D eigenvalue weighted by Gasteiger charge is -2.32. The van der Waals surface area contributed by atoms with Gasteiger partial charge in [0, 0.05) is 29.3 Å². The second kappa shape index (κ2) is 9.91. The van der Waals surface area contributed by atoms with Crippen molar-refractivity contribution in [2.24, 2.45) is 5.92 Å². The lowest BCUT2D eigenvalue weighted by atomic mass is 9.77. The lowest BCUT2D eigenvalue weighted by Crippen LogP contribution is -2.47. The minimum atomic E-state index is -5.04. The van der Waals surface area contributed by atoms with Gasteiger partial charge in [-0.25, -0.2) is 14.2 Å². The molecule has 1 aromatic heterocycles. The molecular weight excluding hydrogens is 505 g/mol. The largest absolute Gasteiger partial charge is 0.464 e. The fourth-order valence-electron chi connectivity index (χ4n) is 3.98. The van der Waals surface area contributed by atoms with Crippen molar-refractivity contribution in [3.05, 3.63) is 53.4 Å². The van der Waals surface area contributed by atoms with Crippen LogP contribution in [0.15, 0.2) is 30.5 Å². The van der Waals surface area contributed by atoms with E-state index in [1.54, 1.807) is 0 Å². The number of halogens is 7. The number of carbonyl (C=O) groups excluding carboxylic acids is 2. The number of nitrogens with one attached hydrogen (secondary N) is 1. The van der Waals surface area contributed by atoms with E-state index in [1.165, 1.54) is 6.07 Å². The first-order valence-electron chi connectivity index (χ1n) is 10.2. The summed E-state index contributed by atoms with van der Waals surface area (Å²) in [7, 11) is 1.08. The second-order valence-electron chi connectivity index (χ2n) is 8.03. The number of nitrogens with zero attached hydrogens (tertiary/aromatic N) is 1. The van der Waals surface area contributed by atoms with Crippen LogP contribution in [0.4, 0.5) is 36.4 Å². The van der Waals surface area contributed by atoms with Crippen LogP contribution in [-0.2, 0) is 14.3 Å². The minimum Gasteiger partial charge on any atom is -0.464 e. The second-order valence-corrected chi connectivity index (χ2v) is 8.03. The quantitative estimate of drug-likeness (QED) is 0.431. The van der Waals surface area contributed by atoms with Crippen molar-refractivity contribution in [2.45, 2.75) is 44.3 Å². The average Bonchev–Trinajstić information content (AvgIpc) is 3.08. The molecule has 0 bridgehead atoms. The summed E-state index contributed by atoms with van der Waals surface area (Å²) in [5, 5.41) is 2.26. The van der Waals surface area contributed by atoms with Gasteiger partial charge in [-0.2, -0.15) is 26.3 Å². The number of anilines is 1. The van der Waals surface area contributed by atoms with E-state index in [0.717, 1.165) is 32.4 Å². The van der Waals surface area contributed by atoms with Crippen LogP contribution in [0.3, 0.4) is 0 Å². The highest BCUT2D eigenvalue weighted by atomic mass is 19.4. The van der Waals surface area contributed by atoms with Gasteiger partial charge in [0.25, 0.3) is 5.91 Å². The standard InChI is InChI=1S/C22H19F7N2O5/c1-9-14(11-4-5-12(23)15(24)16(11)35-20(25)26)17(36-21(9,2)22(27,28)29)18(32)31-10-6-7-30-13(8-10)19(33)34-3/h4-9,14,17,20H,1-3H3,(H,30,31,32)/t9-,14-,17+,21+/m0/s1. The number of ether oxygens (including phenoxy) is 3. The zero-order valence-electron chi connectivity index (χ0n) is 18.8. The minimum absolute atomic E-state index is 0.0830. The number of aromatic nitrogens is 1. The SMILES string of the molecule is COC(=O)c1cc(NC(=O)[C@@H]2O[C@@](C)(C(F)(F)F)[C@@H](C)[C@H]2c2ccc(F)c(F)c2OC(F)F)ccn1. The Hall–Kier alpha value is -3.42. The van der Waals surface area contributed by atoms with Gasteiger partial charge in [0.2, 0.25) is 5.82 Å². The van der Waals surface area contributed by atoms with E-state index in [0.29, 0.717) is 13.0 Å². The van der Waals surface area contributed by atoms with Crippen LogP contribution in [0.1, 0.15) is 35.8 Å². The van der Waals surface area contributed by atoms with Gasteiger partial charge in [-0.3, -0.25) is 4.79 Å². The Balaban J connectivity index is 2.09. The number of methoxy groups -OCH3 is 1. The highest BCUT2D eigenvalue weighted by Gasteiger charge is 2.66. The summed E-state index contributed by atoms with van der Waals surface area (Å²) in [4.78, 5) is 28.5. The fourth-order valence-corrected chi connectivity index (χ4v) is 3.98. The van der Waals surface area contributed by atoms with Crippen molar-refractivity contribution in [3.8, 4) is 5.75 Å². The molecule has 1 N–H and O–H groups in total. The molecule has 196 valence electrons. The van der Waals surface area contributed by atoms with Crippen molar-refractivity contribution in [3.63, 3.8) is 0 Å². The number of carbonyl (C=O) groups is 2. The van der Waals surface area contributed by atoms with E-state index >= 15 is 0 Å². The molecule has 1 aromatic carbocycles. The molecule has 36 heavy (non-hydrogen) atoms. The van der Waals surface area contributed by atoms with E-state index in [9.17, 15) is 40.3 Å². The molecular formula is C22H19F7N2O5. The molecule has 0 spiro atoms.